The second-order valence-electron chi connectivity index (χ2n) is 5.38. The summed E-state index contributed by atoms with van der Waals surface area (Å²) >= 11 is 3.45. The van der Waals surface area contributed by atoms with Gasteiger partial charge in [-0.05, 0) is 24.1 Å². The highest BCUT2D eigenvalue weighted by atomic mass is 79.9. The van der Waals surface area contributed by atoms with Gasteiger partial charge in [0.1, 0.15) is 11.5 Å². The van der Waals surface area contributed by atoms with E-state index in [4.69, 9.17) is 4.74 Å². The topological polar surface area (TPSA) is 26.3 Å². The van der Waals surface area contributed by atoms with E-state index in [1.54, 1.807) is 7.11 Å². The molecule has 0 amide bonds. The van der Waals surface area contributed by atoms with Crippen LogP contribution in [0.4, 0.5) is 0 Å². The number of ether oxygens (including phenoxy) is 1. The van der Waals surface area contributed by atoms with Crippen LogP contribution in [-0.2, 0) is 11.2 Å². The maximum Gasteiger partial charge on any atom is 0.137 e. The molecule has 1 aromatic carbocycles. The molecule has 0 bridgehead atoms. The summed E-state index contributed by atoms with van der Waals surface area (Å²) in [6, 6.07) is 5.83. The third-order valence-corrected chi connectivity index (χ3v) is 4.36. The number of rotatable bonds is 5. The molecule has 2 nitrogen and oxygen atoms in total. The average molecular weight is 325 g/mol. The van der Waals surface area contributed by atoms with Gasteiger partial charge in [0.05, 0.1) is 7.11 Å². The highest BCUT2D eigenvalue weighted by molar-refractivity contribution is 9.10. The third kappa shape index (κ3) is 4.34. The monoisotopic (exact) mass is 324 g/mol. The fraction of sp³-hybridized carbons (Fsp3) is 0.562. The van der Waals surface area contributed by atoms with E-state index in [9.17, 15) is 4.79 Å². The Hall–Kier alpha value is -0.830. The summed E-state index contributed by atoms with van der Waals surface area (Å²) in [6.07, 6.45) is 7.58. The van der Waals surface area contributed by atoms with Gasteiger partial charge < -0.3 is 4.74 Å². The highest BCUT2D eigenvalue weighted by Crippen LogP contribution is 2.28. The van der Waals surface area contributed by atoms with E-state index in [1.807, 2.05) is 18.2 Å². The van der Waals surface area contributed by atoms with Gasteiger partial charge in [-0.3, -0.25) is 4.79 Å². The lowest BCUT2D eigenvalue weighted by Crippen LogP contribution is -2.14. The lowest BCUT2D eigenvalue weighted by Gasteiger charge is -2.20. The van der Waals surface area contributed by atoms with Gasteiger partial charge in [0, 0.05) is 22.9 Å². The van der Waals surface area contributed by atoms with E-state index in [1.165, 1.54) is 32.1 Å². The molecule has 1 saturated carbocycles. The molecule has 1 aliphatic rings. The molecule has 2 rings (SSSR count). The zero-order valence-corrected chi connectivity index (χ0v) is 13.0. The lowest BCUT2D eigenvalue weighted by atomic mass is 9.85. The fourth-order valence-electron chi connectivity index (χ4n) is 2.88. The molecule has 0 heterocycles. The molecule has 19 heavy (non-hydrogen) atoms. The predicted octanol–water partition coefficient (Wildman–Crippen LogP) is 4.54. The lowest BCUT2D eigenvalue weighted by molar-refractivity contribution is -0.119. The summed E-state index contributed by atoms with van der Waals surface area (Å²) in [4.78, 5) is 12.2. The van der Waals surface area contributed by atoms with E-state index in [0.29, 0.717) is 18.1 Å². The highest BCUT2D eigenvalue weighted by Gasteiger charge is 2.18. The summed E-state index contributed by atoms with van der Waals surface area (Å²) in [5.41, 5.74) is 0.984. The number of Topliss-reactive ketones (excluding diaryl/α,β-unsaturated/α-hetero) is 1. The van der Waals surface area contributed by atoms with Crippen LogP contribution in [0.25, 0.3) is 0 Å². The molecule has 0 aromatic heterocycles. The molecule has 104 valence electrons. The number of ketones is 1. The van der Waals surface area contributed by atoms with Gasteiger partial charge in [-0.15, -0.1) is 0 Å². The smallest absolute Gasteiger partial charge is 0.137 e. The second kappa shape index (κ2) is 7.09. The van der Waals surface area contributed by atoms with Crippen LogP contribution in [0, 0.1) is 5.92 Å². The molecule has 1 aliphatic carbocycles. The van der Waals surface area contributed by atoms with E-state index in [2.05, 4.69) is 15.9 Å². The minimum Gasteiger partial charge on any atom is -0.496 e. The molecule has 0 aliphatic heterocycles. The Balaban J connectivity index is 1.95. The van der Waals surface area contributed by atoms with E-state index in [-0.39, 0.29) is 0 Å². The minimum absolute atomic E-state index is 0.336. The maximum absolute atomic E-state index is 12.2. The van der Waals surface area contributed by atoms with Gasteiger partial charge in [-0.2, -0.15) is 0 Å². The summed E-state index contributed by atoms with van der Waals surface area (Å²) < 4.78 is 6.31. The van der Waals surface area contributed by atoms with Crippen molar-refractivity contribution in [3.05, 3.63) is 28.2 Å². The van der Waals surface area contributed by atoms with Crippen molar-refractivity contribution in [1.82, 2.24) is 0 Å². The molecular formula is C16H21BrO2. The van der Waals surface area contributed by atoms with Crippen LogP contribution in [0.15, 0.2) is 22.7 Å². The van der Waals surface area contributed by atoms with Crippen LogP contribution in [-0.4, -0.2) is 12.9 Å². The molecule has 3 heteroatoms. The van der Waals surface area contributed by atoms with Gasteiger partial charge >= 0.3 is 0 Å². The van der Waals surface area contributed by atoms with Crippen molar-refractivity contribution in [1.29, 1.82) is 0 Å². The van der Waals surface area contributed by atoms with Crippen molar-refractivity contribution >= 4 is 21.7 Å². The molecular weight excluding hydrogens is 304 g/mol. The van der Waals surface area contributed by atoms with Crippen LogP contribution in [0.2, 0.25) is 0 Å². The van der Waals surface area contributed by atoms with Crippen molar-refractivity contribution in [3.8, 4) is 5.75 Å². The van der Waals surface area contributed by atoms with Crippen LogP contribution >= 0.6 is 15.9 Å². The number of hydrogen-bond donors (Lipinski definition) is 0. The zero-order chi connectivity index (χ0) is 13.7. The number of carbonyl (C=O) groups excluding carboxylic acids is 1. The van der Waals surface area contributed by atoms with E-state index in [0.717, 1.165) is 22.2 Å². The van der Waals surface area contributed by atoms with Gasteiger partial charge in [-0.1, -0.05) is 48.0 Å². The number of hydrogen-bond acceptors (Lipinski definition) is 2. The van der Waals surface area contributed by atoms with Crippen LogP contribution in [0.5, 0.6) is 5.75 Å². The number of benzene rings is 1. The average Bonchev–Trinajstić information content (AvgIpc) is 2.40. The Morgan fingerprint density at radius 1 is 1.32 bits per heavy atom. The first-order chi connectivity index (χ1) is 9.19. The Morgan fingerprint density at radius 3 is 2.74 bits per heavy atom. The summed E-state index contributed by atoms with van der Waals surface area (Å²) in [6.45, 7) is 0. The van der Waals surface area contributed by atoms with E-state index < -0.39 is 0 Å². The maximum atomic E-state index is 12.2. The quantitative estimate of drug-likeness (QED) is 0.794. The largest absolute Gasteiger partial charge is 0.496 e. The summed E-state index contributed by atoms with van der Waals surface area (Å²) in [7, 11) is 1.65. The Bertz CT molecular complexity index is 436. The molecule has 0 unspecified atom stereocenters. The van der Waals surface area contributed by atoms with Crippen LogP contribution < -0.4 is 4.74 Å². The van der Waals surface area contributed by atoms with Gasteiger partial charge in [0.25, 0.3) is 0 Å². The minimum atomic E-state index is 0.336. The second-order valence-corrected chi connectivity index (χ2v) is 6.30. The van der Waals surface area contributed by atoms with Crippen molar-refractivity contribution < 1.29 is 9.53 Å². The molecule has 0 radical (unpaired) electrons. The molecule has 0 saturated heterocycles. The molecule has 1 fully saturated rings. The van der Waals surface area contributed by atoms with Crippen molar-refractivity contribution in [2.24, 2.45) is 5.92 Å². The Labute approximate surface area is 123 Å². The Kier molecular flexibility index (Phi) is 5.44. The molecule has 0 spiro atoms. The van der Waals surface area contributed by atoms with Crippen LogP contribution in [0.1, 0.15) is 44.1 Å². The van der Waals surface area contributed by atoms with Crippen molar-refractivity contribution in [2.75, 3.05) is 7.11 Å². The van der Waals surface area contributed by atoms with E-state index >= 15 is 0 Å². The Morgan fingerprint density at radius 2 is 2.05 bits per heavy atom. The first kappa shape index (κ1) is 14.6. The van der Waals surface area contributed by atoms with Crippen LogP contribution in [0.3, 0.4) is 0 Å². The van der Waals surface area contributed by atoms with Gasteiger partial charge in [-0.25, -0.2) is 0 Å². The van der Waals surface area contributed by atoms with Crippen molar-refractivity contribution in [2.45, 2.75) is 44.9 Å². The first-order valence-corrected chi connectivity index (χ1v) is 7.82. The van der Waals surface area contributed by atoms with Gasteiger partial charge in [0.2, 0.25) is 0 Å². The van der Waals surface area contributed by atoms with Crippen molar-refractivity contribution in [3.63, 3.8) is 0 Å². The SMILES string of the molecule is COc1ccc(Br)cc1CC(=O)CC1CCCCC1. The molecule has 0 atom stereocenters. The first-order valence-electron chi connectivity index (χ1n) is 7.03. The zero-order valence-electron chi connectivity index (χ0n) is 11.5. The molecule has 1 aromatic rings. The fourth-order valence-corrected chi connectivity index (χ4v) is 3.29. The summed E-state index contributed by atoms with van der Waals surface area (Å²) in [5, 5.41) is 0. The number of methoxy groups -OCH3 is 1. The molecule has 0 N–H and O–H groups in total. The number of halogens is 1. The predicted molar refractivity (Wildman–Crippen MR) is 80.6 cm³/mol. The standard InChI is InChI=1S/C16H21BrO2/c1-19-16-8-7-14(17)10-13(16)11-15(18)9-12-5-3-2-4-6-12/h7-8,10,12H,2-6,9,11H2,1H3. The summed E-state index contributed by atoms with van der Waals surface area (Å²) in [5.74, 6) is 1.75. The van der Waals surface area contributed by atoms with Gasteiger partial charge in [0.15, 0.2) is 0 Å². The third-order valence-electron chi connectivity index (χ3n) is 3.87. The number of carbonyl (C=O) groups is 1. The normalized spacial score (nSPS) is 16.3.